The molecule has 0 unspecified atom stereocenters. The van der Waals surface area contributed by atoms with Crippen LogP contribution in [0.2, 0.25) is 0 Å². The highest BCUT2D eigenvalue weighted by Crippen LogP contribution is 2.20. The topological polar surface area (TPSA) is 304 Å². The van der Waals surface area contributed by atoms with Gasteiger partial charge in [-0.2, -0.15) is 11.8 Å². The molecule has 0 aromatic rings. The number of aliphatic carboxylic acids is 1. The summed E-state index contributed by atoms with van der Waals surface area (Å²) in [5.74, 6) is -7.12. The van der Waals surface area contributed by atoms with Gasteiger partial charge >= 0.3 is 5.97 Å². The molecule has 0 radical (unpaired) electrons. The molecule has 9 amide bonds. The van der Waals surface area contributed by atoms with Crippen LogP contribution in [-0.2, 0) is 47.9 Å². The van der Waals surface area contributed by atoms with Crippen LogP contribution >= 0.6 is 11.8 Å². The number of hydrogen-bond acceptors (Lipinski definition) is 11. The largest absolute Gasteiger partial charge is 0.480 e. The normalized spacial score (nSPS) is 16.4. The molecule has 0 saturated carbocycles. The Balaban J connectivity index is 2.81. The first-order valence-electron chi connectivity index (χ1n) is 17.2. The molecule has 0 aromatic carbocycles. The zero-order valence-corrected chi connectivity index (χ0v) is 31.5. The molecule has 10 N–H and O–H groups in total. The van der Waals surface area contributed by atoms with E-state index in [0.717, 1.165) is 0 Å². The summed E-state index contributed by atoms with van der Waals surface area (Å²) in [5, 5.41) is 25.9. The number of primary amides is 1. The number of hydrogen-bond donors (Lipinski definition) is 9. The molecule has 21 heteroatoms. The minimum Gasteiger partial charge on any atom is -0.480 e. The van der Waals surface area contributed by atoms with Crippen molar-refractivity contribution in [2.75, 3.05) is 38.2 Å². The van der Waals surface area contributed by atoms with Crippen LogP contribution in [-0.4, -0.2) is 138 Å². The number of nitrogens with one attached hydrogen (secondary N) is 7. The van der Waals surface area contributed by atoms with Crippen LogP contribution in [0.15, 0.2) is 0 Å². The maximum Gasteiger partial charge on any atom is 0.322 e. The molecule has 1 heterocycles. The van der Waals surface area contributed by atoms with Crippen molar-refractivity contribution in [1.29, 1.82) is 0 Å². The van der Waals surface area contributed by atoms with Gasteiger partial charge in [-0.25, -0.2) is 0 Å². The summed E-state index contributed by atoms with van der Waals surface area (Å²) in [5.41, 5.74) is 5.11. The van der Waals surface area contributed by atoms with Gasteiger partial charge in [-0.05, 0) is 50.5 Å². The quantitative estimate of drug-likeness (QED) is 0.0488. The molecule has 0 bridgehead atoms. The smallest absolute Gasteiger partial charge is 0.322 e. The number of likely N-dealkylation sites (tertiary alicyclic amines) is 1. The van der Waals surface area contributed by atoms with Crippen molar-refractivity contribution < 1.29 is 53.1 Å². The molecule has 0 spiro atoms. The van der Waals surface area contributed by atoms with Gasteiger partial charge in [-0.1, -0.05) is 20.3 Å². The summed E-state index contributed by atoms with van der Waals surface area (Å²) in [6, 6.07) is -5.30. The van der Waals surface area contributed by atoms with Crippen LogP contribution in [0, 0.1) is 5.92 Å². The summed E-state index contributed by atoms with van der Waals surface area (Å²) in [6.07, 6.45) is 3.06. The molecule has 1 aliphatic rings. The standard InChI is InChI=1S/C32H53N9O11S/c1-6-17(2)27(40-28(48)18(3)37-24(44)14-34-29(49)20(38-19(4)42)9-10-23(33)43)31(51)35-15-25(45)39-21(11-13-53-5)32(52)41-12-7-8-22(41)30(50)36-16-26(46)47/h17-18,20-22,27H,6-16H2,1-5H3,(H2,33,43)(H,34,49)(H,35,51)(H,36,50)(H,37,44)(H,38,42)(H,39,45)(H,40,48)(H,46,47)/t17-,18-,20-,21-,22-,27-/m0/s1. The van der Waals surface area contributed by atoms with Crippen LogP contribution in [0.4, 0.5) is 0 Å². The maximum atomic E-state index is 13.5. The molecule has 0 aliphatic carbocycles. The fourth-order valence-corrected chi connectivity index (χ4v) is 5.70. The monoisotopic (exact) mass is 771 g/mol. The van der Waals surface area contributed by atoms with Gasteiger partial charge < -0.3 is 53.0 Å². The Kier molecular flexibility index (Phi) is 20.5. The van der Waals surface area contributed by atoms with Crippen LogP contribution in [0.3, 0.4) is 0 Å². The predicted molar refractivity (Wildman–Crippen MR) is 191 cm³/mol. The number of carbonyl (C=O) groups excluding carboxylic acids is 9. The second-order valence-corrected chi connectivity index (χ2v) is 13.5. The molecule has 53 heavy (non-hydrogen) atoms. The molecule has 1 saturated heterocycles. The van der Waals surface area contributed by atoms with Crippen molar-refractivity contribution in [1.82, 2.24) is 42.1 Å². The Morgan fingerprint density at radius 3 is 2.00 bits per heavy atom. The highest BCUT2D eigenvalue weighted by Gasteiger charge is 2.38. The fraction of sp³-hybridized carbons (Fsp3) is 0.688. The predicted octanol–water partition coefficient (Wildman–Crippen LogP) is -3.55. The zero-order chi connectivity index (χ0) is 40.2. The van der Waals surface area contributed by atoms with E-state index in [4.69, 9.17) is 10.8 Å². The second-order valence-electron chi connectivity index (χ2n) is 12.6. The summed E-state index contributed by atoms with van der Waals surface area (Å²) in [4.78, 5) is 125. The van der Waals surface area contributed by atoms with Gasteiger partial charge in [0.25, 0.3) is 0 Å². The Bertz CT molecular complexity index is 1370. The second kappa shape index (κ2) is 23.6. The van der Waals surface area contributed by atoms with E-state index in [-0.39, 0.29) is 25.8 Å². The fourth-order valence-electron chi connectivity index (χ4n) is 5.23. The highest BCUT2D eigenvalue weighted by atomic mass is 32.2. The number of rotatable bonds is 23. The zero-order valence-electron chi connectivity index (χ0n) is 30.7. The van der Waals surface area contributed by atoms with Crippen molar-refractivity contribution >= 4 is 70.9 Å². The van der Waals surface area contributed by atoms with Crippen molar-refractivity contribution in [2.24, 2.45) is 11.7 Å². The van der Waals surface area contributed by atoms with Crippen molar-refractivity contribution in [3.05, 3.63) is 0 Å². The lowest BCUT2D eigenvalue weighted by atomic mass is 9.98. The Hall–Kier alpha value is -4.95. The van der Waals surface area contributed by atoms with Crippen molar-refractivity contribution in [3.63, 3.8) is 0 Å². The lowest BCUT2D eigenvalue weighted by molar-refractivity contribution is -0.142. The molecule has 1 aliphatic heterocycles. The van der Waals surface area contributed by atoms with Crippen LogP contribution in [0.1, 0.15) is 66.2 Å². The molecular weight excluding hydrogens is 718 g/mol. The lowest BCUT2D eigenvalue weighted by Crippen LogP contribution is -2.57. The molecule has 298 valence electrons. The van der Waals surface area contributed by atoms with E-state index in [0.29, 0.717) is 25.0 Å². The summed E-state index contributed by atoms with van der Waals surface area (Å²) in [7, 11) is 0. The molecular formula is C32H53N9O11S. The van der Waals surface area contributed by atoms with Gasteiger partial charge in [0.15, 0.2) is 0 Å². The summed E-state index contributed by atoms with van der Waals surface area (Å²) in [6.45, 7) is 4.55. The van der Waals surface area contributed by atoms with Gasteiger partial charge in [0.2, 0.25) is 53.2 Å². The van der Waals surface area contributed by atoms with Gasteiger partial charge in [-0.15, -0.1) is 0 Å². The van der Waals surface area contributed by atoms with Gasteiger partial charge in [0, 0.05) is 19.9 Å². The van der Waals surface area contributed by atoms with Gasteiger partial charge in [0.1, 0.15) is 36.8 Å². The number of amides is 9. The number of nitrogens with two attached hydrogens (primary N) is 1. The number of carbonyl (C=O) groups is 10. The number of nitrogens with zero attached hydrogens (tertiary/aromatic N) is 1. The minimum absolute atomic E-state index is 0.0880. The van der Waals surface area contributed by atoms with Gasteiger partial charge in [-0.3, -0.25) is 47.9 Å². The minimum atomic E-state index is -1.23. The first-order valence-corrected chi connectivity index (χ1v) is 18.6. The van der Waals surface area contributed by atoms with Crippen LogP contribution in [0.25, 0.3) is 0 Å². The first kappa shape index (κ1) is 46.1. The first-order chi connectivity index (χ1) is 24.9. The van der Waals surface area contributed by atoms with Crippen LogP contribution < -0.4 is 43.0 Å². The number of carboxylic acids is 1. The van der Waals surface area contributed by atoms with E-state index < -0.39 is 115 Å². The lowest BCUT2D eigenvalue weighted by Gasteiger charge is -2.29. The van der Waals surface area contributed by atoms with E-state index in [1.807, 2.05) is 6.26 Å². The highest BCUT2D eigenvalue weighted by molar-refractivity contribution is 7.98. The maximum absolute atomic E-state index is 13.5. The molecule has 20 nitrogen and oxygen atoms in total. The third-order valence-corrected chi connectivity index (χ3v) is 8.92. The van der Waals surface area contributed by atoms with E-state index >= 15 is 0 Å². The van der Waals surface area contributed by atoms with Gasteiger partial charge in [0.05, 0.1) is 13.1 Å². The average molecular weight is 772 g/mol. The number of carboxylic acid groups (broad SMARTS) is 1. The third-order valence-electron chi connectivity index (χ3n) is 8.28. The van der Waals surface area contributed by atoms with E-state index in [9.17, 15) is 47.9 Å². The summed E-state index contributed by atoms with van der Waals surface area (Å²) < 4.78 is 0. The molecule has 1 fully saturated rings. The van der Waals surface area contributed by atoms with E-state index in [1.54, 1.807) is 13.8 Å². The molecule has 1 rings (SSSR count). The Morgan fingerprint density at radius 2 is 1.43 bits per heavy atom. The molecule has 6 atom stereocenters. The Morgan fingerprint density at radius 1 is 0.811 bits per heavy atom. The SMILES string of the molecule is CC[C@H](C)[C@H](NC(=O)[C@H](C)NC(=O)CNC(=O)[C@H](CCC(N)=O)NC(C)=O)C(=O)NCC(=O)N[C@@H](CCSC)C(=O)N1CCC[C@H]1C(=O)NCC(=O)O. The van der Waals surface area contributed by atoms with E-state index in [1.165, 1.54) is 30.5 Å². The molecule has 0 aromatic heterocycles. The van der Waals surface area contributed by atoms with E-state index in [2.05, 4.69) is 37.2 Å². The average Bonchev–Trinajstić information content (AvgIpc) is 3.60. The van der Waals surface area contributed by atoms with Crippen LogP contribution in [0.5, 0.6) is 0 Å². The number of thioether (sulfide) groups is 1. The third kappa shape index (κ3) is 17.0. The van der Waals surface area contributed by atoms with Crippen molar-refractivity contribution in [2.45, 2.75) is 96.4 Å². The van der Waals surface area contributed by atoms with Crippen molar-refractivity contribution in [3.8, 4) is 0 Å². The Labute approximate surface area is 312 Å². The summed E-state index contributed by atoms with van der Waals surface area (Å²) >= 11 is 1.44.